The lowest BCUT2D eigenvalue weighted by Crippen LogP contribution is -2.06. The summed E-state index contributed by atoms with van der Waals surface area (Å²) in [5.74, 6) is 1.75. The number of hydrogen-bond acceptors (Lipinski definition) is 6. The van der Waals surface area contributed by atoms with Crippen LogP contribution in [0.4, 0.5) is 0 Å². The van der Waals surface area contributed by atoms with Gasteiger partial charge in [-0.15, -0.1) is 0 Å². The normalized spacial score (nSPS) is 11.9. The van der Waals surface area contributed by atoms with Crippen molar-refractivity contribution >= 4 is 76.1 Å². The quantitative estimate of drug-likeness (QED) is 0.161. The Balaban J connectivity index is 0.956. The van der Waals surface area contributed by atoms with Crippen molar-refractivity contribution in [1.29, 1.82) is 0 Å². The SMILES string of the molecule is c1ccc(-c2nc(-c3ccccc3)nc(-n3c4ccccc4c4ccc(-c5cc(-c6ccc7oc8cc9c%10ccccc%10c%10ccccc%10c9cc8c7c6)ncn5)cc43)n2)cc1. The van der Waals surface area contributed by atoms with Crippen molar-refractivity contribution in [3.8, 4) is 51.2 Å². The van der Waals surface area contributed by atoms with Gasteiger partial charge in [-0.05, 0) is 80.8 Å². The second kappa shape index (κ2) is 13.5. The molecule has 0 aliphatic heterocycles. The molecule has 13 rings (SSSR count). The Morgan fingerprint density at radius 3 is 1.50 bits per heavy atom. The number of benzene rings is 9. The first-order valence-corrected chi connectivity index (χ1v) is 20.6. The molecule has 0 amide bonds. The Morgan fingerprint density at radius 2 is 0.839 bits per heavy atom. The molecule has 0 radical (unpaired) electrons. The van der Waals surface area contributed by atoms with Gasteiger partial charge in [0.25, 0.3) is 0 Å². The third-order valence-corrected chi connectivity index (χ3v) is 12.2. The van der Waals surface area contributed by atoms with Crippen molar-refractivity contribution in [3.05, 3.63) is 194 Å². The number of furan rings is 1. The van der Waals surface area contributed by atoms with Gasteiger partial charge < -0.3 is 4.42 Å². The lowest BCUT2D eigenvalue weighted by Gasteiger charge is -2.11. The number of para-hydroxylation sites is 1. The second-order valence-electron chi connectivity index (χ2n) is 15.7. The molecule has 7 heteroatoms. The summed E-state index contributed by atoms with van der Waals surface area (Å²) in [5, 5.41) is 11.7. The third-order valence-electron chi connectivity index (χ3n) is 12.2. The zero-order valence-electron chi connectivity index (χ0n) is 33.1. The lowest BCUT2D eigenvalue weighted by atomic mass is 9.93. The Kier molecular flexibility index (Phi) is 7.47. The highest BCUT2D eigenvalue weighted by atomic mass is 16.3. The highest BCUT2D eigenvalue weighted by molar-refractivity contribution is 6.28. The largest absolute Gasteiger partial charge is 0.456 e. The van der Waals surface area contributed by atoms with E-state index in [0.29, 0.717) is 17.6 Å². The lowest BCUT2D eigenvalue weighted by molar-refractivity contribution is 0.669. The Hall–Kier alpha value is -8.55. The van der Waals surface area contributed by atoms with Crippen LogP contribution >= 0.6 is 0 Å². The number of nitrogens with zero attached hydrogens (tertiary/aromatic N) is 6. The van der Waals surface area contributed by atoms with Crippen LogP contribution in [0.2, 0.25) is 0 Å². The summed E-state index contributed by atoms with van der Waals surface area (Å²) in [6, 6.07) is 65.2. The molecule has 288 valence electrons. The van der Waals surface area contributed by atoms with E-state index in [1.165, 1.54) is 32.3 Å². The number of hydrogen-bond donors (Lipinski definition) is 0. The summed E-state index contributed by atoms with van der Waals surface area (Å²) in [5.41, 5.74) is 9.06. The van der Waals surface area contributed by atoms with Crippen molar-refractivity contribution in [2.45, 2.75) is 0 Å². The minimum atomic E-state index is 0.541. The fraction of sp³-hybridized carbons (Fsp3) is 0. The molecule has 0 aliphatic carbocycles. The van der Waals surface area contributed by atoms with E-state index in [0.717, 1.165) is 77.4 Å². The van der Waals surface area contributed by atoms with Crippen LogP contribution in [-0.2, 0) is 0 Å². The first-order chi connectivity index (χ1) is 30.7. The van der Waals surface area contributed by atoms with E-state index in [1.54, 1.807) is 6.33 Å². The summed E-state index contributed by atoms with van der Waals surface area (Å²) in [6.45, 7) is 0. The van der Waals surface area contributed by atoms with Crippen LogP contribution in [0.3, 0.4) is 0 Å². The molecule has 0 N–H and O–H groups in total. The Morgan fingerprint density at radius 1 is 0.323 bits per heavy atom. The molecule has 0 spiro atoms. The van der Waals surface area contributed by atoms with Crippen LogP contribution in [-0.4, -0.2) is 29.5 Å². The first kappa shape index (κ1) is 34.3. The fourth-order valence-electron chi connectivity index (χ4n) is 9.25. The fourth-order valence-corrected chi connectivity index (χ4v) is 9.25. The smallest absolute Gasteiger partial charge is 0.238 e. The van der Waals surface area contributed by atoms with Crippen LogP contribution in [0.15, 0.2) is 199 Å². The molecular formula is C55H32N6O. The van der Waals surface area contributed by atoms with Gasteiger partial charge >= 0.3 is 0 Å². The molecule has 9 aromatic carbocycles. The molecular weight excluding hydrogens is 761 g/mol. The van der Waals surface area contributed by atoms with Gasteiger partial charge in [0, 0.05) is 43.8 Å². The van der Waals surface area contributed by atoms with Crippen LogP contribution in [0.5, 0.6) is 0 Å². The number of rotatable bonds is 5. The molecule has 13 aromatic rings. The van der Waals surface area contributed by atoms with Gasteiger partial charge in [-0.25, -0.2) is 15.0 Å². The zero-order valence-corrected chi connectivity index (χ0v) is 33.1. The Bertz CT molecular complexity index is 3870. The topological polar surface area (TPSA) is 82.5 Å². The van der Waals surface area contributed by atoms with Gasteiger partial charge in [-0.3, -0.25) is 4.57 Å². The number of fused-ring (bicyclic) bond motifs is 12. The van der Waals surface area contributed by atoms with E-state index in [4.69, 9.17) is 29.3 Å². The van der Waals surface area contributed by atoms with Crippen LogP contribution in [0.1, 0.15) is 0 Å². The van der Waals surface area contributed by atoms with Crippen molar-refractivity contribution in [3.63, 3.8) is 0 Å². The molecule has 0 atom stereocenters. The molecule has 7 nitrogen and oxygen atoms in total. The van der Waals surface area contributed by atoms with Gasteiger partial charge in [0.15, 0.2) is 11.6 Å². The molecule has 0 unspecified atom stereocenters. The molecule has 0 saturated heterocycles. The van der Waals surface area contributed by atoms with Crippen molar-refractivity contribution in [2.75, 3.05) is 0 Å². The maximum absolute atomic E-state index is 6.53. The predicted octanol–water partition coefficient (Wildman–Crippen LogP) is 13.8. The summed E-state index contributed by atoms with van der Waals surface area (Å²) in [6.07, 6.45) is 1.65. The predicted molar refractivity (Wildman–Crippen MR) is 251 cm³/mol. The third kappa shape index (κ3) is 5.35. The van der Waals surface area contributed by atoms with E-state index in [9.17, 15) is 0 Å². The minimum absolute atomic E-state index is 0.541. The number of aromatic nitrogens is 6. The van der Waals surface area contributed by atoms with Crippen LogP contribution in [0, 0.1) is 0 Å². The molecule has 0 fully saturated rings. The highest BCUT2D eigenvalue weighted by Crippen LogP contribution is 2.41. The summed E-state index contributed by atoms with van der Waals surface area (Å²) in [4.78, 5) is 24.8. The van der Waals surface area contributed by atoms with Crippen molar-refractivity contribution in [1.82, 2.24) is 29.5 Å². The Labute approximate surface area is 354 Å². The molecule has 4 aromatic heterocycles. The monoisotopic (exact) mass is 792 g/mol. The summed E-state index contributed by atoms with van der Waals surface area (Å²) in [7, 11) is 0. The molecule has 4 heterocycles. The van der Waals surface area contributed by atoms with Crippen LogP contribution < -0.4 is 0 Å². The average molecular weight is 793 g/mol. The van der Waals surface area contributed by atoms with E-state index in [2.05, 4.69) is 132 Å². The highest BCUT2D eigenvalue weighted by Gasteiger charge is 2.20. The second-order valence-corrected chi connectivity index (χ2v) is 15.7. The van der Waals surface area contributed by atoms with E-state index in [1.807, 2.05) is 60.7 Å². The maximum Gasteiger partial charge on any atom is 0.238 e. The van der Waals surface area contributed by atoms with Gasteiger partial charge in [-0.2, -0.15) is 9.97 Å². The first-order valence-electron chi connectivity index (χ1n) is 20.6. The summed E-state index contributed by atoms with van der Waals surface area (Å²) < 4.78 is 8.68. The molecule has 0 aliphatic rings. The van der Waals surface area contributed by atoms with Crippen molar-refractivity contribution in [2.24, 2.45) is 0 Å². The van der Waals surface area contributed by atoms with E-state index < -0.39 is 0 Å². The van der Waals surface area contributed by atoms with E-state index >= 15 is 0 Å². The maximum atomic E-state index is 6.53. The molecule has 0 bridgehead atoms. The molecule has 0 saturated carbocycles. The van der Waals surface area contributed by atoms with Gasteiger partial charge in [0.1, 0.15) is 17.5 Å². The molecule has 62 heavy (non-hydrogen) atoms. The minimum Gasteiger partial charge on any atom is -0.456 e. The van der Waals surface area contributed by atoms with Gasteiger partial charge in [-0.1, -0.05) is 140 Å². The van der Waals surface area contributed by atoms with Crippen molar-refractivity contribution < 1.29 is 4.42 Å². The van der Waals surface area contributed by atoms with Gasteiger partial charge in [0.05, 0.1) is 22.4 Å². The standard InChI is InChI=1S/C55H32N6O/c1-3-13-33(14-4-1)53-58-54(34-15-5-2-6-16-34)60-55(59-53)61-49-22-12-11-21-41(49)42-25-23-36(28-50(42)61)48-31-47(56-32-57-48)35-24-26-51-45(27-35)46-29-43-39-19-9-7-17-37(39)38-18-8-10-20-40(38)44(43)30-52(46)62-51/h1-32H. The average Bonchev–Trinajstić information content (AvgIpc) is 3.88. The van der Waals surface area contributed by atoms with Gasteiger partial charge in [0.2, 0.25) is 5.95 Å². The zero-order chi connectivity index (χ0) is 40.7. The summed E-state index contributed by atoms with van der Waals surface area (Å²) >= 11 is 0. The van der Waals surface area contributed by atoms with Crippen LogP contribution in [0.25, 0.3) is 127 Å². The van der Waals surface area contributed by atoms with E-state index in [-0.39, 0.29) is 0 Å².